The molecule has 0 aliphatic carbocycles. The number of carboxylic acids is 1. The van der Waals surface area contributed by atoms with Crippen LogP contribution in [0.2, 0.25) is 0 Å². The van der Waals surface area contributed by atoms with Gasteiger partial charge in [0.2, 0.25) is 35.4 Å². The maximum Gasteiger partial charge on any atom is 0.327 e. The Labute approximate surface area is 378 Å². The highest BCUT2D eigenvalue weighted by atomic mass is 79.9. The molecule has 62 heavy (non-hydrogen) atoms. The lowest BCUT2D eigenvalue weighted by atomic mass is 10.0. The van der Waals surface area contributed by atoms with Crippen LogP contribution in [0.1, 0.15) is 30.4 Å². The SMILES string of the molecule is N=C(N)NCCC[C@H](NC(=O)CNC(=O)[C@@H](N)CS)C(=O)N[C@H](Cc1ccccc1)C(=O)N[C@@H](CC(Br)CNC(=N)N)C(=O)N[C@@H](Cc1ccccc1)C(=O)N[C@@H](CS)C(=O)O. The maximum absolute atomic E-state index is 14.3. The first-order chi connectivity index (χ1) is 29.4. The predicted octanol–water partition coefficient (Wildman–Crippen LogP) is -2.82. The molecule has 2 aromatic rings. The first-order valence-electron chi connectivity index (χ1n) is 19.3. The summed E-state index contributed by atoms with van der Waals surface area (Å²) in [5.41, 5.74) is 17.8. The highest BCUT2D eigenvalue weighted by Crippen LogP contribution is 2.12. The first-order valence-corrected chi connectivity index (χ1v) is 21.5. The predicted molar refractivity (Wildman–Crippen MR) is 243 cm³/mol. The number of nitrogens with two attached hydrogens (primary N) is 3. The van der Waals surface area contributed by atoms with Gasteiger partial charge in [-0.1, -0.05) is 76.6 Å². The Morgan fingerprint density at radius 1 is 0.629 bits per heavy atom. The highest BCUT2D eigenvalue weighted by molar-refractivity contribution is 9.09. The number of amides is 6. The smallest absolute Gasteiger partial charge is 0.327 e. The van der Waals surface area contributed by atoms with Gasteiger partial charge in [-0.2, -0.15) is 25.3 Å². The summed E-state index contributed by atoms with van der Waals surface area (Å²) in [4.78, 5) is 92.3. The molecular weight excluding hydrogens is 911 g/mol. The van der Waals surface area contributed by atoms with Gasteiger partial charge in [0.05, 0.1) is 12.6 Å². The second kappa shape index (κ2) is 28.1. The van der Waals surface area contributed by atoms with Crippen LogP contribution < -0.4 is 59.7 Å². The number of benzene rings is 2. The van der Waals surface area contributed by atoms with E-state index in [0.717, 1.165) is 0 Å². The van der Waals surface area contributed by atoms with Crippen molar-refractivity contribution in [3.8, 4) is 0 Å². The fourth-order valence-electron chi connectivity index (χ4n) is 5.61. The highest BCUT2D eigenvalue weighted by Gasteiger charge is 2.34. The second-order valence-corrected chi connectivity index (χ2v) is 15.9. The summed E-state index contributed by atoms with van der Waals surface area (Å²) in [6, 6.07) is 9.54. The summed E-state index contributed by atoms with van der Waals surface area (Å²) in [7, 11) is 0. The number of thiol groups is 2. The van der Waals surface area contributed by atoms with Crippen molar-refractivity contribution in [3.05, 3.63) is 71.8 Å². The molecule has 21 nitrogen and oxygen atoms in total. The Morgan fingerprint density at radius 2 is 1.10 bits per heavy atom. The molecule has 2 rings (SSSR count). The van der Waals surface area contributed by atoms with Gasteiger partial charge >= 0.3 is 5.97 Å². The number of halogens is 1. The van der Waals surface area contributed by atoms with Crippen LogP contribution in [0.4, 0.5) is 0 Å². The summed E-state index contributed by atoms with van der Waals surface area (Å²) in [5, 5.41) is 45.1. The van der Waals surface area contributed by atoms with Crippen molar-refractivity contribution >= 4 is 94.5 Å². The van der Waals surface area contributed by atoms with Crippen molar-refractivity contribution in [2.75, 3.05) is 31.1 Å². The van der Waals surface area contributed by atoms with Crippen LogP contribution in [-0.2, 0) is 46.4 Å². The maximum atomic E-state index is 14.3. The monoisotopic (exact) mass is 965 g/mol. The van der Waals surface area contributed by atoms with Crippen LogP contribution >= 0.6 is 41.2 Å². The van der Waals surface area contributed by atoms with Crippen molar-refractivity contribution in [1.29, 1.82) is 10.8 Å². The van der Waals surface area contributed by atoms with E-state index in [1.165, 1.54) is 0 Å². The average Bonchev–Trinajstić information content (AvgIpc) is 3.24. The van der Waals surface area contributed by atoms with Gasteiger partial charge in [0.15, 0.2) is 11.9 Å². The van der Waals surface area contributed by atoms with E-state index in [4.69, 9.17) is 28.0 Å². The van der Waals surface area contributed by atoms with Crippen molar-refractivity contribution in [2.45, 2.75) is 73.2 Å². The van der Waals surface area contributed by atoms with Gasteiger partial charge in [-0.15, -0.1) is 0 Å². The van der Waals surface area contributed by atoms with Gasteiger partial charge in [0.1, 0.15) is 30.2 Å². The number of carbonyl (C=O) groups excluding carboxylic acids is 6. The molecule has 6 amide bonds. The topological polar surface area (TPSA) is 362 Å². The lowest BCUT2D eigenvalue weighted by Gasteiger charge is -2.28. The first kappa shape index (κ1) is 52.5. The summed E-state index contributed by atoms with van der Waals surface area (Å²) in [6.07, 6.45) is -0.0499. The molecule has 0 aliphatic heterocycles. The van der Waals surface area contributed by atoms with E-state index < -0.39 is 89.0 Å². The molecule has 0 saturated carbocycles. The van der Waals surface area contributed by atoms with E-state index in [2.05, 4.69) is 83.7 Å². The number of aliphatic carboxylic acids is 1. The third-order valence-electron chi connectivity index (χ3n) is 8.86. The Hall–Kier alpha value is -5.59. The van der Waals surface area contributed by atoms with Crippen LogP contribution in [0.5, 0.6) is 0 Å². The van der Waals surface area contributed by atoms with Gasteiger partial charge < -0.3 is 64.8 Å². The molecule has 24 heteroatoms. The van der Waals surface area contributed by atoms with E-state index in [1.807, 2.05) is 0 Å². The normalized spacial score (nSPS) is 14.1. The average molecular weight is 967 g/mol. The van der Waals surface area contributed by atoms with Crippen LogP contribution in [0, 0.1) is 10.8 Å². The van der Waals surface area contributed by atoms with Gasteiger partial charge in [-0.25, -0.2) is 4.79 Å². The fraction of sp³-hybridized carbons (Fsp3) is 0.447. The van der Waals surface area contributed by atoms with Crippen molar-refractivity contribution in [2.24, 2.45) is 17.2 Å². The third kappa shape index (κ3) is 20.3. The zero-order valence-electron chi connectivity index (χ0n) is 33.7. The van der Waals surface area contributed by atoms with Crippen LogP contribution in [0.15, 0.2) is 60.7 Å². The summed E-state index contributed by atoms with van der Waals surface area (Å²) in [6.45, 7) is -0.327. The van der Waals surface area contributed by atoms with E-state index >= 15 is 0 Å². The lowest BCUT2D eigenvalue weighted by Crippen LogP contribution is -2.60. The second-order valence-electron chi connectivity index (χ2n) is 13.9. The van der Waals surface area contributed by atoms with E-state index in [-0.39, 0.29) is 68.6 Å². The molecule has 340 valence electrons. The summed E-state index contributed by atoms with van der Waals surface area (Å²) < 4.78 is 0. The Bertz CT molecular complexity index is 1840. The molecule has 0 heterocycles. The zero-order chi connectivity index (χ0) is 46.2. The number of alkyl halides is 1. The van der Waals surface area contributed by atoms with Crippen molar-refractivity contribution < 1.29 is 38.7 Å². The molecule has 7 atom stereocenters. The molecule has 1 unspecified atom stereocenters. The molecule has 0 aromatic heterocycles. The third-order valence-corrected chi connectivity index (χ3v) is 10.3. The number of rotatable bonds is 27. The number of carbonyl (C=O) groups is 7. The fourth-order valence-corrected chi connectivity index (χ4v) is 6.56. The van der Waals surface area contributed by atoms with Gasteiger partial charge in [-0.05, 0) is 30.4 Å². The van der Waals surface area contributed by atoms with E-state index in [1.54, 1.807) is 60.7 Å². The molecular formula is C38H56BrN13O8S2. The number of hydrogen-bond acceptors (Lipinski definition) is 12. The number of guanidine groups is 2. The lowest BCUT2D eigenvalue weighted by molar-refractivity contribution is -0.141. The van der Waals surface area contributed by atoms with Gasteiger partial charge in [0, 0.05) is 42.3 Å². The summed E-state index contributed by atoms with van der Waals surface area (Å²) >= 11 is 11.4. The largest absolute Gasteiger partial charge is 0.480 e. The summed E-state index contributed by atoms with van der Waals surface area (Å²) in [5.74, 6) is -6.91. The molecule has 0 aliphatic rings. The molecule has 0 bridgehead atoms. The van der Waals surface area contributed by atoms with Crippen LogP contribution in [0.25, 0.3) is 0 Å². The van der Waals surface area contributed by atoms with Gasteiger partial charge in [0.25, 0.3) is 0 Å². The Balaban J connectivity index is 2.48. The number of nitrogens with one attached hydrogen (secondary N) is 10. The molecule has 17 N–H and O–H groups in total. The minimum Gasteiger partial charge on any atom is -0.480 e. The molecule has 2 aromatic carbocycles. The minimum atomic E-state index is -1.40. The number of carboxylic acid groups (broad SMARTS) is 1. The van der Waals surface area contributed by atoms with Crippen LogP contribution in [0.3, 0.4) is 0 Å². The van der Waals surface area contributed by atoms with Gasteiger partial charge in [-0.3, -0.25) is 39.6 Å². The van der Waals surface area contributed by atoms with E-state index in [0.29, 0.717) is 11.1 Å². The zero-order valence-corrected chi connectivity index (χ0v) is 37.1. The molecule has 0 spiro atoms. The Morgan fingerprint density at radius 3 is 1.56 bits per heavy atom. The molecule has 0 radical (unpaired) electrons. The van der Waals surface area contributed by atoms with Crippen molar-refractivity contribution in [3.63, 3.8) is 0 Å². The number of hydrogen-bond donors (Lipinski definition) is 16. The molecule has 0 fully saturated rings. The molecule has 0 saturated heterocycles. The quantitative estimate of drug-likeness (QED) is 0.0142. The van der Waals surface area contributed by atoms with Crippen LogP contribution in [-0.4, -0.2) is 131 Å². The van der Waals surface area contributed by atoms with Crippen molar-refractivity contribution in [1.82, 2.24) is 42.5 Å². The minimum absolute atomic E-state index is 0.00188. The Kier molecular flexibility index (Phi) is 23.8. The standard InChI is InChI=1S/C38H56BrN13O8S2/c39-23(17-47-38(43)44)16-28(35(58)50-27(15-22-10-5-2-6-11-22)34(57)52-29(20-62)36(59)60)51-33(56)26(14-21-8-3-1-4-9-21)49-32(55)25(12-7-13-45-37(41)42)48-30(53)18-46-31(54)24(40)19-61/h1-6,8-11,23-29,61-62H,7,12-20,40H2,(H,46,54)(H,48,53)(H,49,55)(H,50,58)(H,51,56)(H,52,57)(H,59,60)(H4,41,42,45)(H4,43,44,47)/t23?,24-,25-,26+,27-,28-,29-/m0/s1. The van der Waals surface area contributed by atoms with E-state index in [9.17, 15) is 38.7 Å².